The van der Waals surface area contributed by atoms with Gasteiger partial charge in [0.25, 0.3) is 5.91 Å². The van der Waals surface area contributed by atoms with Crippen LogP contribution in [0, 0.1) is 17.2 Å². The van der Waals surface area contributed by atoms with Gasteiger partial charge in [0.1, 0.15) is 5.82 Å². The maximum absolute atomic E-state index is 13.5. The molecule has 2 aromatic rings. The molecular weight excluding hydrogens is 297 g/mol. The third-order valence-corrected chi connectivity index (χ3v) is 3.05. The molecule has 2 rings (SSSR count). The number of benzene rings is 1. The van der Waals surface area contributed by atoms with Gasteiger partial charge in [-0.3, -0.25) is 4.79 Å². The van der Waals surface area contributed by atoms with Crippen molar-refractivity contribution in [3.8, 4) is 17.4 Å². The van der Waals surface area contributed by atoms with E-state index in [1.807, 2.05) is 13.8 Å². The van der Waals surface area contributed by atoms with Crippen LogP contribution >= 0.6 is 0 Å². The van der Waals surface area contributed by atoms with Gasteiger partial charge in [-0.15, -0.1) is 5.10 Å². The Kier molecular flexibility index (Phi) is 4.82. The number of carbonyl (C=O) groups is 1. The molecule has 0 aliphatic heterocycles. The first-order valence-corrected chi connectivity index (χ1v) is 7.59. The molecule has 0 N–H and O–H groups in total. The lowest BCUT2D eigenvalue weighted by Gasteiger charge is -2.16. The highest BCUT2D eigenvalue weighted by molar-refractivity contribution is 5.86. The molecule has 0 aliphatic rings. The largest absolute Gasteiger partial charge is 0.462 e. The first-order chi connectivity index (χ1) is 10.7. The van der Waals surface area contributed by atoms with E-state index in [4.69, 9.17) is 4.74 Å². The molecule has 1 aromatic carbocycles. The molecule has 0 aliphatic carbocycles. The van der Waals surface area contributed by atoms with Crippen molar-refractivity contribution in [3.63, 3.8) is 0 Å². The van der Waals surface area contributed by atoms with Gasteiger partial charge in [-0.25, -0.2) is 4.39 Å². The van der Waals surface area contributed by atoms with Gasteiger partial charge in [0.2, 0.25) is 0 Å². The Balaban J connectivity index is 2.47. The predicted molar refractivity (Wildman–Crippen MR) is 85.8 cm³/mol. The number of nitrogens with zero attached hydrogens (tertiary/aromatic N) is 3. The summed E-state index contributed by atoms with van der Waals surface area (Å²) in [6.45, 7) is 9.83. The van der Waals surface area contributed by atoms with Crippen LogP contribution in [0.25, 0.3) is 11.4 Å². The van der Waals surface area contributed by atoms with Crippen LogP contribution in [0.2, 0.25) is 0 Å². The summed E-state index contributed by atoms with van der Waals surface area (Å²) >= 11 is 0. The number of carbonyl (C=O) groups excluding carboxylic acids is 1. The molecular formula is C17H22FN3O2. The second kappa shape index (κ2) is 6.48. The van der Waals surface area contributed by atoms with Crippen molar-refractivity contribution < 1.29 is 13.9 Å². The van der Waals surface area contributed by atoms with E-state index in [2.05, 4.69) is 10.1 Å². The van der Waals surface area contributed by atoms with Gasteiger partial charge in [0.05, 0.1) is 6.61 Å². The lowest BCUT2D eigenvalue weighted by molar-refractivity contribution is 0.0748. The fourth-order valence-corrected chi connectivity index (χ4v) is 1.87. The SMILES string of the molecule is CC(C)COc1nc(-c2cccc(F)c2)n(C(=O)C(C)(C)C)n1. The second-order valence-electron chi connectivity index (χ2n) is 6.90. The van der Waals surface area contributed by atoms with E-state index in [-0.39, 0.29) is 17.7 Å². The minimum atomic E-state index is -0.648. The summed E-state index contributed by atoms with van der Waals surface area (Å²) in [6, 6.07) is 6.04. The first-order valence-electron chi connectivity index (χ1n) is 7.59. The smallest absolute Gasteiger partial charge is 0.336 e. The van der Waals surface area contributed by atoms with E-state index in [1.165, 1.54) is 16.8 Å². The lowest BCUT2D eigenvalue weighted by Crippen LogP contribution is -2.28. The van der Waals surface area contributed by atoms with Gasteiger partial charge in [-0.2, -0.15) is 9.67 Å². The summed E-state index contributed by atoms with van der Waals surface area (Å²) in [6.07, 6.45) is 0. The van der Waals surface area contributed by atoms with E-state index in [0.717, 1.165) is 0 Å². The molecule has 1 heterocycles. The Bertz CT molecular complexity index is 702. The minimum absolute atomic E-state index is 0.121. The van der Waals surface area contributed by atoms with Gasteiger partial charge in [0.15, 0.2) is 5.82 Å². The molecule has 23 heavy (non-hydrogen) atoms. The highest BCUT2D eigenvalue weighted by atomic mass is 19.1. The molecule has 0 unspecified atom stereocenters. The van der Waals surface area contributed by atoms with Crippen molar-refractivity contribution in [2.75, 3.05) is 6.61 Å². The topological polar surface area (TPSA) is 57.0 Å². The van der Waals surface area contributed by atoms with E-state index in [9.17, 15) is 9.18 Å². The Hall–Kier alpha value is -2.24. The fourth-order valence-electron chi connectivity index (χ4n) is 1.87. The van der Waals surface area contributed by atoms with Crippen LogP contribution in [0.4, 0.5) is 4.39 Å². The third kappa shape index (κ3) is 4.15. The van der Waals surface area contributed by atoms with Crippen LogP contribution in [0.1, 0.15) is 39.4 Å². The molecule has 0 atom stereocenters. The molecule has 0 saturated carbocycles. The molecule has 0 saturated heterocycles. The van der Waals surface area contributed by atoms with Crippen molar-refractivity contribution in [2.45, 2.75) is 34.6 Å². The molecule has 5 nitrogen and oxygen atoms in total. The molecule has 6 heteroatoms. The predicted octanol–water partition coefficient (Wildman–Crippen LogP) is 3.81. The summed E-state index contributed by atoms with van der Waals surface area (Å²) in [5.74, 6) is -0.0466. The molecule has 0 fully saturated rings. The molecule has 0 amide bonds. The van der Waals surface area contributed by atoms with Gasteiger partial charge in [0, 0.05) is 11.0 Å². The molecule has 124 valence electrons. The van der Waals surface area contributed by atoms with E-state index < -0.39 is 11.2 Å². The van der Waals surface area contributed by atoms with Crippen molar-refractivity contribution in [1.82, 2.24) is 14.8 Å². The number of halogens is 1. The van der Waals surface area contributed by atoms with Crippen LogP contribution in [-0.4, -0.2) is 27.3 Å². The average Bonchev–Trinajstić information content (AvgIpc) is 2.87. The zero-order valence-electron chi connectivity index (χ0n) is 14.1. The Morgan fingerprint density at radius 2 is 2.04 bits per heavy atom. The average molecular weight is 319 g/mol. The van der Waals surface area contributed by atoms with E-state index in [0.29, 0.717) is 18.1 Å². The van der Waals surface area contributed by atoms with Crippen molar-refractivity contribution >= 4 is 5.91 Å². The quantitative estimate of drug-likeness (QED) is 0.860. The number of hydrogen-bond acceptors (Lipinski definition) is 4. The summed E-state index contributed by atoms with van der Waals surface area (Å²) in [5, 5.41) is 4.17. The molecule has 1 aromatic heterocycles. The third-order valence-electron chi connectivity index (χ3n) is 3.05. The van der Waals surface area contributed by atoms with Crippen LogP contribution in [0.15, 0.2) is 24.3 Å². The van der Waals surface area contributed by atoms with Gasteiger partial charge in [-0.05, 0) is 18.1 Å². The van der Waals surface area contributed by atoms with Gasteiger partial charge in [-0.1, -0.05) is 46.8 Å². The summed E-state index contributed by atoms with van der Waals surface area (Å²) < 4.78 is 20.2. The van der Waals surface area contributed by atoms with Crippen molar-refractivity contribution in [3.05, 3.63) is 30.1 Å². The van der Waals surface area contributed by atoms with E-state index in [1.54, 1.807) is 32.9 Å². The zero-order chi connectivity index (χ0) is 17.2. The first kappa shape index (κ1) is 17.1. The van der Waals surface area contributed by atoms with Crippen LogP contribution in [0.5, 0.6) is 6.01 Å². The Morgan fingerprint density at radius 1 is 1.35 bits per heavy atom. The molecule has 0 bridgehead atoms. The maximum atomic E-state index is 13.5. The van der Waals surface area contributed by atoms with Crippen LogP contribution in [0.3, 0.4) is 0 Å². The van der Waals surface area contributed by atoms with Crippen molar-refractivity contribution in [2.24, 2.45) is 11.3 Å². The molecule has 0 spiro atoms. The second-order valence-corrected chi connectivity index (χ2v) is 6.90. The maximum Gasteiger partial charge on any atom is 0.336 e. The summed E-state index contributed by atoms with van der Waals surface area (Å²) in [5.41, 5.74) is -0.167. The number of ether oxygens (including phenoxy) is 1. The summed E-state index contributed by atoms with van der Waals surface area (Å²) in [7, 11) is 0. The monoisotopic (exact) mass is 319 g/mol. The number of rotatable bonds is 4. The standard InChI is InChI=1S/C17H22FN3O2/c1-11(2)10-23-16-19-14(12-7-6-8-13(18)9-12)21(20-16)15(22)17(3,4)5/h6-9,11H,10H2,1-5H3. The van der Waals surface area contributed by atoms with E-state index >= 15 is 0 Å². The van der Waals surface area contributed by atoms with Crippen molar-refractivity contribution in [1.29, 1.82) is 0 Å². The highest BCUT2D eigenvalue weighted by Crippen LogP contribution is 2.25. The highest BCUT2D eigenvalue weighted by Gasteiger charge is 2.28. The van der Waals surface area contributed by atoms with Crippen LogP contribution < -0.4 is 4.74 Å². The normalized spacial score (nSPS) is 11.8. The van der Waals surface area contributed by atoms with Gasteiger partial charge >= 0.3 is 6.01 Å². The fraction of sp³-hybridized carbons (Fsp3) is 0.471. The Labute approximate surface area is 135 Å². The minimum Gasteiger partial charge on any atom is -0.462 e. The number of hydrogen-bond donors (Lipinski definition) is 0. The van der Waals surface area contributed by atoms with Gasteiger partial charge < -0.3 is 4.74 Å². The Morgan fingerprint density at radius 3 is 2.61 bits per heavy atom. The lowest BCUT2D eigenvalue weighted by atomic mass is 9.95. The van der Waals surface area contributed by atoms with Crippen LogP contribution in [-0.2, 0) is 0 Å². The summed E-state index contributed by atoms with van der Waals surface area (Å²) in [4.78, 5) is 16.9. The zero-order valence-corrected chi connectivity index (χ0v) is 14.1. The molecule has 0 radical (unpaired) electrons. The number of aromatic nitrogens is 3.